The minimum Gasteiger partial charge on any atom is -0.460 e. The highest BCUT2D eigenvalue weighted by Crippen LogP contribution is 2.43. The topological polar surface area (TPSA) is 42.0 Å². The molecule has 0 aliphatic carbocycles. The van der Waals surface area contributed by atoms with E-state index in [9.17, 15) is 4.79 Å². The summed E-state index contributed by atoms with van der Waals surface area (Å²) in [5.41, 5.74) is 0.669. The van der Waals surface area contributed by atoms with Crippen LogP contribution < -0.4 is 0 Å². The lowest BCUT2D eigenvalue weighted by molar-refractivity contribution is -0.310. The maximum atomic E-state index is 13.5. The van der Waals surface area contributed by atoms with Gasteiger partial charge in [-0.3, -0.25) is 14.5 Å². The van der Waals surface area contributed by atoms with Crippen LogP contribution in [-0.4, -0.2) is 51.3 Å². The molecule has 1 aromatic carbocycles. The fourth-order valence-corrected chi connectivity index (χ4v) is 6.21. The second-order valence-electron chi connectivity index (χ2n) is 12.8. The molecule has 5 heteroatoms. The second-order valence-corrected chi connectivity index (χ2v) is 12.8. The number of ether oxygens (including phenoxy) is 1. The number of likely N-dealkylation sites (tertiary alicyclic amines) is 1. The van der Waals surface area contributed by atoms with Gasteiger partial charge in [0.25, 0.3) is 0 Å². The van der Waals surface area contributed by atoms with Crippen molar-refractivity contribution >= 4 is 5.97 Å². The number of hydrogen-bond acceptors (Lipinski definition) is 5. The number of benzene rings is 1. The Morgan fingerprint density at radius 3 is 2.12 bits per heavy atom. The van der Waals surface area contributed by atoms with Gasteiger partial charge in [-0.1, -0.05) is 30.3 Å². The van der Waals surface area contributed by atoms with Gasteiger partial charge in [0, 0.05) is 35.6 Å². The van der Waals surface area contributed by atoms with Crippen molar-refractivity contribution in [2.24, 2.45) is 11.8 Å². The number of carbonyl (C=O) groups excluding carboxylic acids is 1. The molecule has 0 radical (unpaired) electrons. The Kier molecular flexibility index (Phi) is 7.91. The maximum Gasteiger partial charge on any atom is 0.311 e. The third kappa shape index (κ3) is 5.85. The van der Waals surface area contributed by atoms with Gasteiger partial charge in [0.05, 0.1) is 12.0 Å². The first kappa shape index (κ1) is 27.2. The molecule has 2 aliphatic rings. The molecule has 0 aromatic heterocycles. The van der Waals surface area contributed by atoms with E-state index in [1.54, 1.807) is 0 Å². The Morgan fingerprint density at radius 1 is 1.03 bits per heavy atom. The van der Waals surface area contributed by atoms with Crippen LogP contribution in [0.3, 0.4) is 0 Å². The van der Waals surface area contributed by atoms with Crippen LogP contribution in [0.15, 0.2) is 30.3 Å². The van der Waals surface area contributed by atoms with Crippen LogP contribution in [-0.2, 0) is 14.4 Å². The van der Waals surface area contributed by atoms with Gasteiger partial charge in [0.15, 0.2) is 0 Å². The van der Waals surface area contributed by atoms with E-state index in [2.05, 4.69) is 82.7 Å². The minimum atomic E-state index is -0.513. The van der Waals surface area contributed by atoms with Crippen molar-refractivity contribution in [3.8, 4) is 0 Å². The van der Waals surface area contributed by atoms with Crippen molar-refractivity contribution in [3.63, 3.8) is 0 Å². The molecule has 2 aliphatic heterocycles. The summed E-state index contributed by atoms with van der Waals surface area (Å²) in [5.74, 6) is -0.304. The molecule has 2 heterocycles. The summed E-state index contributed by atoms with van der Waals surface area (Å²) < 4.78 is 5.94. The first-order valence-corrected chi connectivity index (χ1v) is 13.1. The van der Waals surface area contributed by atoms with Crippen molar-refractivity contribution < 1.29 is 14.4 Å². The number of carbonyl (C=O) groups is 1. The van der Waals surface area contributed by atoms with Crippen LogP contribution in [0.25, 0.3) is 0 Å². The normalized spacial score (nSPS) is 29.5. The molecule has 34 heavy (non-hydrogen) atoms. The zero-order valence-corrected chi connectivity index (χ0v) is 23.2. The Morgan fingerprint density at radius 2 is 1.59 bits per heavy atom. The van der Waals surface area contributed by atoms with Gasteiger partial charge in [-0.25, -0.2) is 0 Å². The van der Waals surface area contributed by atoms with E-state index in [-0.39, 0.29) is 47.1 Å². The van der Waals surface area contributed by atoms with E-state index in [1.807, 2.05) is 26.8 Å². The molecule has 2 fully saturated rings. The zero-order chi connectivity index (χ0) is 25.5. The van der Waals surface area contributed by atoms with E-state index in [0.29, 0.717) is 0 Å². The number of esters is 1. The standard InChI is InChI=1S/C29H48N2O3/c1-20(23-15-12-11-13-16-23)30-19-24(25(21(30)2)26(32)33-27(4,5)6)22(3)34-31-28(7,8)17-14-18-29(31,9)10/h11-13,15-16,20-22,24-25H,14,17-19H2,1-10H3/t20-,21-,22-,24+,25-/m1/s1. The van der Waals surface area contributed by atoms with E-state index in [0.717, 1.165) is 19.4 Å². The molecule has 0 amide bonds. The Bertz CT molecular complexity index is 814. The monoisotopic (exact) mass is 472 g/mol. The van der Waals surface area contributed by atoms with Crippen LogP contribution >= 0.6 is 0 Å². The highest BCUT2D eigenvalue weighted by molar-refractivity contribution is 5.74. The number of hydroxylamine groups is 2. The third-order valence-electron chi connectivity index (χ3n) is 7.94. The maximum absolute atomic E-state index is 13.5. The highest BCUT2D eigenvalue weighted by Gasteiger charge is 2.51. The van der Waals surface area contributed by atoms with Crippen LogP contribution in [0.2, 0.25) is 0 Å². The van der Waals surface area contributed by atoms with Crippen LogP contribution in [0.1, 0.15) is 100 Å². The molecule has 3 rings (SSSR count). The number of hydrogen-bond donors (Lipinski definition) is 0. The molecule has 1 aromatic rings. The van der Waals surface area contributed by atoms with Crippen molar-refractivity contribution in [3.05, 3.63) is 35.9 Å². The molecular weight excluding hydrogens is 424 g/mol. The minimum absolute atomic E-state index is 0.0430. The lowest BCUT2D eigenvalue weighted by atomic mass is 9.82. The van der Waals surface area contributed by atoms with Gasteiger partial charge >= 0.3 is 5.97 Å². The predicted molar refractivity (Wildman–Crippen MR) is 138 cm³/mol. The Hall–Kier alpha value is -1.43. The Labute approximate surface area is 208 Å². The summed E-state index contributed by atoms with van der Waals surface area (Å²) in [5, 5.41) is 2.23. The van der Waals surface area contributed by atoms with E-state index >= 15 is 0 Å². The smallest absolute Gasteiger partial charge is 0.311 e. The van der Waals surface area contributed by atoms with Crippen molar-refractivity contribution in [1.29, 1.82) is 0 Å². The molecule has 5 atom stereocenters. The summed E-state index contributed by atoms with van der Waals surface area (Å²) in [7, 11) is 0. The molecule has 192 valence electrons. The molecule has 0 bridgehead atoms. The SMILES string of the molecule is C[C@H](c1ccccc1)N1C[C@@H]([C@@H](C)ON2C(C)(C)CCCC2(C)C)[C@H](C(=O)OC(C)(C)C)[C@H]1C. The molecule has 0 unspecified atom stereocenters. The first-order chi connectivity index (χ1) is 15.6. The first-order valence-electron chi connectivity index (χ1n) is 13.1. The molecule has 0 N–H and O–H groups in total. The van der Waals surface area contributed by atoms with Gasteiger partial charge < -0.3 is 4.74 Å². The van der Waals surface area contributed by atoms with Gasteiger partial charge in [-0.2, -0.15) is 5.06 Å². The van der Waals surface area contributed by atoms with Gasteiger partial charge in [0.1, 0.15) is 5.60 Å². The van der Waals surface area contributed by atoms with Gasteiger partial charge in [-0.15, -0.1) is 0 Å². The van der Waals surface area contributed by atoms with Crippen molar-refractivity contribution in [2.75, 3.05) is 6.54 Å². The molecule has 0 saturated carbocycles. The summed E-state index contributed by atoms with van der Waals surface area (Å²) in [6.45, 7) is 22.3. The fraction of sp³-hybridized carbons (Fsp3) is 0.759. The van der Waals surface area contributed by atoms with Gasteiger partial charge in [0.2, 0.25) is 0 Å². The number of piperidine rings is 1. The lowest BCUT2D eigenvalue weighted by Gasteiger charge is -2.52. The van der Waals surface area contributed by atoms with E-state index in [4.69, 9.17) is 9.57 Å². The van der Waals surface area contributed by atoms with Crippen molar-refractivity contribution in [1.82, 2.24) is 9.96 Å². The average molecular weight is 473 g/mol. The Balaban J connectivity index is 1.89. The third-order valence-corrected chi connectivity index (χ3v) is 7.94. The largest absolute Gasteiger partial charge is 0.460 e. The summed E-state index contributed by atoms with van der Waals surface area (Å²) in [6.07, 6.45) is 3.32. The van der Waals surface area contributed by atoms with Gasteiger partial charge in [-0.05, 0) is 94.1 Å². The van der Waals surface area contributed by atoms with Crippen LogP contribution in [0.4, 0.5) is 0 Å². The molecule has 2 saturated heterocycles. The fourth-order valence-electron chi connectivity index (χ4n) is 6.21. The van der Waals surface area contributed by atoms with Crippen LogP contribution in [0.5, 0.6) is 0 Å². The summed E-state index contributed by atoms with van der Waals surface area (Å²) in [6, 6.07) is 10.8. The summed E-state index contributed by atoms with van der Waals surface area (Å²) in [4.78, 5) is 22.8. The number of rotatable bonds is 6. The van der Waals surface area contributed by atoms with E-state index in [1.165, 1.54) is 12.0 Å². The average Bonchev–Trinajstić information content (AvgIpc) is 3.06. The van der Waals surface area contributed by atoms with Crippen LogP contribution in [0, 0.1) is 11.8 Å². The molecular formula is C29H48N2O3. The highest BCUT2D eigenvalue weighted by atomic mass is 16.7. The lowest BCUT2D eigenvalue weighted by Crippen LogP contribution is -2.59. The molecule has 0 spiro atoms. The number of nitrogens with zero attached hydrogens (tertiary/aromatic N) is 2. The van der Waals surface area contributed by atoms with E-state index < -0.39 is 5.60 Å². The van der Waals surface area contributed by atoms with Crippen molar-refractivity contribution in [2.45, 2.75) is 123 Å². The predicted octanol–water partition coefficient (Wildman–Crippen LogP) is 6.39. The quantitative estimate of drug-likeness (QED) is 0.449. The second kappa shape index (κ2) is 9.91. The summed E-state index contributed by atoms with van der Waals surface area (Å²) >= 11 is 0. The molecule has 5 nitrogen and oxygen atoms in total. The zero-order valence-electron chi connectivity index (χ0n) is 23.2.